The summed E-state index contributed by atoms with van der Waals surface area (Å²) in [5.41, 5.74) is 5.52. The lowest BCUT2D eigenvalue weighted by Crippen LogP contribution is -2.07. The predicted octanol–water partition coefficient (Wildman–Crippen LogP) is 5.91. The number of aromatic nitrogens is 1. The lowest BCUT2D eigenvalue weighted by atomic mass is 10.1. The lowest BCUT2D eigenvalue weighted by molar-refractivity contribution is 0.476. The number of nitrogens with zero attached hydrogens (tertiary/aromatic N) is 2. The SMILES string of the molecule is CN(C)c1ccc(C=Cc2ccc(-c3nc4ccc(O)cc4s3)cc2)cc1. The highest BCUT2D eigenvalue weighted by Gasteiger charge is 2.06. The van der Waals surface area contributed by atoms with Gasteiger partial charge < -0.3 is 10.0 Å². The summed E-state index contributed by atoms with van der Waals surface area (Å²) in [5, 5.41) is 10.6. The van der Waals surface area contributed by atoms with E-state index in [2.05, 4.69) is 70.6 Å². The van der Waals surface area contributed by atoms with Crippen LogP contribution in [0.25, 0.3) is 32.9 Å². The minimum absolute atomic E-state index is 0.275. The van der Waals surface area contributed by atoms with E-state index in [1.54, 1.807) is 23.5 Å². The van der Waals surface area contributed by atoms with E-state index >= 15 is 0 Å². The third-order valence-corrected chi connectivity index (χ3v) is 5.47. The first kappa shape index (κ1) is 17.3. The van der Waals surface area contributed by atoms with Gasteiger partial charge in [-0.3, -0.25) is 0 Å². The van der Waals surface area contributed by atoms with Crippen LogP contribution in [0.15, 0.2) is 66.7 Å². The summed E-state index contributed by atoms with van der Waals surface area (Å²) in [5.74, 6) is 0.275. The summed E-state index contributed by atoms with van der Waals surface area (Å²) >= 11 is 1.59. The van der Waals surface area contributed by atoms with E-state index in [9.17, 15) is 5.11 Å². The van der Waals surface area contributed by atoms with Crippen LogP contribution in [0.4, 0.5) is 5.69 Å². The van der Waals surface area contributed by atoms with Crippen molar-refractivity contribution in [3.63, 3.8) is 0 Å². The third-order valence-electron chi connectivity index (χ3n) is 4.41. The molecule has 134 valence electrons. The van der Waals surface area contributed by atoms with Crippen molar-refractivity contribution in [2.45, 2.75) is 0 Å². The molecule has 0 aliphatic carbocycles. The number of hydrogen-bond donors (Lipinski definition) is 1. The summed E-state index contributed by atoms with van der Waals surface area (Å²) in [6.45, 7) is 0. The molecular weight excluding hydrogens is 352 g/mol. The minimum Gasteiger partial charge on any atom is -0.508 e. The van der Waals surface area contributed by atoms with Gasteiger partial charge in [0, 0.05) is 25.3 Å². The van der Waals surface area contributed by atoms with Crippen molar-refractivity contribution in [1.82, 2.24) is 4.98 Å². The van der Waals surface area contributed by atoms with Crippen molar-refractivity contribution in [3.05, 3.63) is 77.9 Å². The smallest absolute Gasteiger partial charge is 0.124 e. The van der Waals surface area contributed by atoms with Gasteiger partial charge in [-0.25, -0.2) is 4.98 Å². The second-order valence-electron chi connectivity index (χ2n) is 6.61. The average Bonchev–Trinajstić information content (AvgIpc) is 3.10. The normalized spacial score (nSPS) is 11.3. The summed E-state index contributed by atoms with van der Waals surface area (Å²) in [7, 11) is 4.08. The number of benzene rings is 3. The molecule has 0 aliphatic heterocycles. The molecule has 0 radical (unpaired) electrons. The van der Waals surface area contributed by atoms with Gasteiger partial charge in [0.15, 0.2) is 0 Å². The van der Waals surface area contributed by atoms with Gasteiger partial charge in [-0.15, -0.1) is 11.3 Å². The zero-order valence-electron chi connectivity index (χ0n) is 15.3. The second-order valence-corrected chi connectivity index (χ2v) is 7.64. The predicted molar refractivity (Wildman–Crippen MR) is 116 cm³/mol. The van der Waals surface area contributed by atoms with E-state index in [1.807, 2.05) is 20.2 Å². The fourth-order valence-corrected chi connectivity index (χ4v) is 3.85. The van der Waals surface area contributed by atoms with Crippen LogP contribution in [-0.4, -0.2) is 24.2 Å². The fourth-order valence-electron chi connectivity index (χ4n) is 2.85. The van der Waals surface area contributed by atoms with Crippen LogP contribution in [-0.2, 0) is 0 Å². The first-order chi connectivity index (χ1) is 13.1. The standard InChI is InChI=1S/C23H20N2OS/c1-25(2)19-11-7-17(8-12-19)4-3-16-5-9-18(10-6-16)23-24-21-14-13-20(26)15-22(21)27-23/h3-15,26H,1-2H3. The average molecular weight is 372 g/mol. The molecule has 0 bridgehead atoms. The van der Waals surface area contributed by atoms with Crippen LogP contribution in [0.3, 0.4) is 0 Å². The van der Waals surface area contributed by atoms with Crippen LogP contribution in [0, 0.1) is 0 Å². The van der Waals surface area contributed by atoms with Gasteiger partial charge in [-0.1, -0.05) is 48.6 Å². The molecule has 0 atom stereocenters. The molecular formula is C23H20N2OS. The van der Waals surface area contributed by atoms with E-state index in [0.29, 0.717) is 0 Å². The maximum Gasteiger partial charge on any atom is 0.124 e. The Hall–Kier alpha value is -3.11. The molecule has 0 fully saturated rings. The van der Waals surface area contributed by atoms with Crippen molar-refractivity contribution in [1.29, 1.82) is 0 Å². The van der Waals surface area contributed by atoms with E-state index in [0.717, 1.165) is 26.4 Å². The van der Waals surface area contributed by atoms with Gasteiger partial charge in [0.05, 0.1) is 10.2 Å². The molecule has 4 rings (SSSR count). The molecule has 3 nitrogen and oxygen atoms in total. The number of rotatable bonds is 4. The van der Waals surface area contributed by atoms with Crippen molar-refractivity contribution in [3.8, 4) is 16.3 Å². The van der Waals surface area contributed by atoms with Crippen molar-refractivity contribution < 1.29 is 5.11 Å². The zero-order chi connectivity index (χ0) is 18.8. The Morgan fingerprint density at radius 1 is 0.852 bits per heavy atom. The topological polar surface area (TPSA) is 36.4 Å². The molecule has 1 N–H and O–H groups in total. The maximum atomic E-state index is 9.61. The molecule has 0 spiro atoms. The Kier molecular flexibility index (Phi) is 4.65. The molecule has 4 heteroatoms. The molecule has 1 aromatic heterocycles. The number of phenols is 1. The Balaban J connectivity index is 1.52. The van der Waals surface area contributed by atoms with Crippen molar-refractivity contribution in [2.24, 2.45) is 0 Å². The molecule has 0 amide bonds. The summed E-state index contributed by atoms with van der Waals surface area (Å²) < 4.78 is 0.996. The third kappa shape index (κ3) is 3.86. The van der Waals surface area contributed by atoms with Crippen LogP contribution >= 0.6 is 11.3 Å². The van der Waals surface area contributed by atoms with Crippen molar-refractivity contribution >= 4 is 39.4 Å². The number of anilines is 1. The number of phenolic OH excluding ortho intramolecular Hbond substituents is 1. The first-order valence-corrected chi connectivity index (χ1v) is 9.56. The second kappa shape index (κ2) is 7.25. The van der Waals surface area contributed by atoms with Crippen LogP contribution in [0.5, 0.6) is 5.75 Å². The molecule has 27 heavy (non-hydrogen) atoms. The van der Waals surface area contributed by atoms with E-state index < -0.39 is 0 Å². The molecule has 0 unspecified atom stereocenters. The Morgan fingerprint density at radius 2 is 1.48 bits per heavy atom. The molecule has 4 aromatic rings. The molecule has 0 saturated heterocycles. The van der Waals surface area contributed by atoms with Gasteiger partial charge in [0.1, 0.15) is 10.8 Å². The summed E-state index contributed by atoms with van der Waals surface area (Å²) in [6.07, 6.45) is 4.24. The van der Waals surface area contributed by atoms with Gasteiger partial charge in [0.25, 0.3) is 0 Å². The number of aromatic hydroxyl groups is 1. The lowest BCUT2D eigenvalue weighted by Gasteiger charge is -2.11. The largest absolute Gasteiger partial charge is 0.508 e. The van der Waals surface area contributed by atoms with E-state index in [-0.39, 0.29) is 5.75 Å². The van der Waals surface area contributed by atoms with Crippen LogP contribution in [0.2, 0.25) is 0 Å². The van der Waals surface area contributed by atoms with Gasteiger partial charge in [-0.2, -0.15) is 0 Å². The highest BCUT2D eigenvalue weighted by atomic mass is 32.1. The summed E-state index contributed by atoms with van der Waals surface area (Å²) in [6, 6.07) is 22.1. The monoisotopic (exact) mass is 372 g/mol. The van der Waals surface area contributed by atoms with Gasteiger partial charge in [0.2, 0.25) is 0 Å². The van der Waals surface area contributed by atoms with Gasteiger partial charge in [-0.05, 0) is 41.5 Å². The Morgan fingerprint density at radius 3 is 2.11 bits per heavy atom. The highest BCUT2D eigenvalue weighted by molar-refractivity contribution is 7.21. The fraction of sp³-hybridized carbons (Fsp3) is 0.0870. The quantitative estimate of drug-likeness (QED) is 0.453. The maximum absolute atomic E-state index is 9.61. The molecule has 3 aromatic carbocycles. The highest BCUT2D eigenvalue weighted by Crippen LogP contribution is 2.32. The zero-order valence-corrected chi connectivity index (χ0v) is 16.1. The number of thiazole rings is 1. The van der Waals surface area contributed by atoms with E-state index in [1.165, 1.54) is 11.3 Å². The van der Waals surface area contributed by atoms with Crippen molar-refractivity contribution in [2.75, 3.05) is 19.0 Å². The minimum atomic E-state index is 0.275. The first-order valence-electron chi connectivity index (χ1n) is 8.74. The molecule has 1 heterocycles. The van der Waals surface area contributed by atoms with Crippen LogP contribution < -0.4 is 4.90 Å². The van der Waals surface area contributed by atoms with Gasteiger partial charge >= 0.3 is 0 Å². The van der Waals surface area contributed by atoms with E-state index in [4.69, 9.17) is 0 Å². The Labute approximate surface area is 162 Å². The Bertz CT molecular complexity index is 1090. The molecule has 0 saturated carbocycles. The number of hydrogen-bond acceptors (Lipinski definition) is 4. The number of fused-ring (bicyclic) bond motifs is 1. The summed E-state index contributed by atoms with van der Waals surface area (Å²) in [4.78, 5) is 6.75. The molecule has 0 aliphatic rings. The van der Waals surface area contributed by atoms with Crippen LogP contribution in [0.1, 0.15) is 11.1 Å².